The monoisotopic (exact) mass is 242 g/mol. The van der Waals surface area contributed by atoms with Gasteiger partial charge in [-0.25, -0.2) is 4.98 Å². The van der Waals surface area contributed by atoms with Gasteiger partial charge in [-0.05, 0) is 25.0 Å². The number of para-hydroxylation sites is 2. The molecule has 0 radical (unpaired) electrons. The van der Waals surface area contributed by atoms with E-state index in [4.69, 9.17) is 0 Å². The van der Waals surface area contributed by atoms with Crippen molar-refractivity contribution >= 4 is 17.3 Å². The summed E-state index contributed by atoms with van der Waals surface area (Å²) in [5.41, 5.74) is 2.04. The minimum absolute atomic E-state index is 0.445. The fraction of sp³-hybridized carbons (Fsp3) is 0.467. The maximum atomic E-state index is 11.2. The molecule has 94 valence electrons. The van der Waals surface area contributed by atoms with E-state index < -0.39 is 0 Å². The normalized spacial score (nSPS) is 17.8. The fourth-order valence-electron chi connectivity index (χ4n) is 3.05. The molecule has 3 heteroatoms. The van der Waals surface area contributed by atoms with Crippen LogP contribution in [-0.2, 0) is 0 Å². The minimum atomic E-state index is 0.445. The van der Waals surface area contributed by atoms with Gasteiger partial charge in [0.15, 0.2) is 12.1 Å². The van der Waals surface area contributed by atoms with Gasteiger partial charge in [-0.3, -0.25) is 4.79 Å². The van der Waals surface area contributed by atoms with Gasteiger partial charge in [-0.15, -0.1) is 0 Å². The Morgan fingerprint density at radius 1 is 1.11 bits per heavy atom. The van der Waals surface area contributed by atoms with Gasteiger partial charge in [0.2, 0.25) is 0 Å². The number of hydrogen-bond donors (Lipinski definition) is 0. The number of aromatic nitrogens is 2. The van der Waals surface area contributed by atoms with Gasteiger partial charge in [-0.1, -0.05) is 37.8 Å². The number of nitrogens with zero attached hydrogens (tertiary/aromatic N) is 2. The lowest BCUT2D eigenvalue weighted by Crippen LogP contribution is -2.11. The van der Waals surface area contributed by atoms with Crippen molar-refractivity contribution in [3.8, 4) is 0 Å². The molecule has 1 aliphatic rings. The summed E-state index contributed by atoms with van der Waals surface area (Å²) in [5.74, 6) is 0.586. The first-order valence-corrected chi connectivity index (χ1v) is 6.82. The Hall–Kier alpha value is -1.64. The Balaban J connectivity index is 2.10. The smallest absolute Gasteiger partial charge is 0.185 e. The van der Waals surface area contributed by atoms with E-state index in [1.54, 1.807) is 0 Å². The first-order valence-electron chi connectivity index (χ1n) is 6.82. The Labute approximate surface area is 107 Å². The van der Waals surface area contributed by atoms with E-state index in [2.05, 4.69) is 15.6 Å². The lowest BCUT2D eigenvalue weighted by Gasteiger charge is -2.18. The molecule has 1 aromatic heterocycles. The van der Waals surface area contributed by atoms with Gasteiger partial charge in [-0.2, -0.15) is 0 Å². The van der Waals surface area contributed by atoms with Crippen LogP contribution in [0.3, 0.4) is 0 Å². The molecular formula is C15H18N2O. The molecule has 0 N–H and O–H groups in total. The lowest BCUT2D eigenvalue weighted by atomic mass is 10.1. The van der Waals surface area contributed by atoms with Crippen LogP contribution in [0.5, 0.6) is 0 Å². The largest absolute Gasteiger partial charge is 0.319 e. The lowest BCUT2D eigenvalue weighted by molar-refractivity contribution is 0.110. The molecule has 0 saturated heterocycles. The molecule has 0 unspecified atom stereocenters. The summed E-state index contributed by atoms with van der Waals surface area (Å²) in [6.07, 6.45) is 8.39. The molecule has 0 spiro atoms. The molecule has 0 amide bonds. The zero-order valence-electron chi connectivity index (χ0n) is 10.5. The SMILES string of the molecule is O=Cc1nc2ccccc2n1C1CCCCCC1. The first kappa shape index (κ1) is 11.5. The topological polar surface area (TPSA) is 34.9 Å². The van der Waals surface area contributed by atoms with Gasteiger partial charge in [0.05, 0.1) is 11.0 Å². The van der Waals surface area contributed by atoms with Crippen molar-refractivity contribution in [2.45, 2.75) is 44.6 Å². The van der Waals surface area contributed by atoms with Crippen molar-refractivity contribution in [2.75, 3.05) is 0 Å². The summed E-state index contributed by atoms with van der Waals surface area (Å²) in [7, 11) is 0. The predicted molar refractivity (Wildman–Crippen MR) is 71.9 cm³/mol. The Morgan fingerprint density at radius 3 is 2.56 bits per heavy atom. The van der Waals surface area contributed by atoms with E-state index in [-0.39, 0.29) is 0 Å². The van der Waals surface area contributed by atoms with Crippen LogP contribution in [0.25, 0.3) is 11.0 Å². The van der Waals surface area contributed by atoms with Crippen LogP contribution in [0, 0.1) is 0 Å². The van der Waals surface area contributed by atoms with E-state index >= 15 is 0 Å². The molecule has 0 aliphatic heterocycles. The highest BCUT2D eigenvalue weighted by Gasteiger charge is 2.19. The molecule has 1 fully saturated rings. The van der Waals surface area contributed by atoms with Crippen LogP contribution in [0.1, 0.15) is 55.2 Å². The number of benzene rings is 1. The fourth-order valence-corrected chi connectivity index (χ4v) is 3.05. The summed E-state index contributed by atoms with van der Waals surface area (Å²) in [5, 5.41) is 0. The van der Waals surface area contributed by atoms with Crippen LogP contribution in [-0.4, -0.2) is 15.8 Å². The van der Waals surface area contributed by atoms with E-state index in [0.717, 1.165) is 17.3 Å². The zero-order chi connectivity index (χ0) is 12.4. The zero-order valence-corrected chi connectivity index (χ0v) is 10.5. The maximum Gasteiger partial charge on any atom is 0.185 e. The molecule has 18 heavy (non-hydrogen) atoms. The third-order valence-corrected chi connectivity index (χ3v) is 3.92. The van der Waals surface area contributed by atoms with Crippen LogP contribution in [0.15, 0.2) is 24.3 Å². The van der Waals surface area contributed by atoms with Crippen molar-refractivity contribution < 1.29 is 4.79 Å². The van der Waals surface area contributed by atoms with E-state index in [1.807, 2.05) is 18.2 Å². The van der Waals surface area contributed by atoms with Crippen LogP contribution < -0.4 is 0 Å². The average molecular weight is 242 g/mol. The van der Waals surface area contributed by atoms with Crippen LogP contribution >= 0.6 is 0 Å². The molecule has 1 aromatic carbocycles. The molecule has 2 aromatic rings. The van der Waals surface area contributed by atoms with Gasteiger partial charge >= 0.3 is 0 Å². The average Bonchev–Trinajstić information content (AvgIpc) is 2.59. The summed E-state index contributed by atoms with van der Waals surface area (Å²) in [6.45, 7) is 0. The highest BCUT2D eigenvalue weighted by molar-refractivity contribution is 5.83. The first-order chi connectivity index (χ1) is 8.90. The van der Waals surface area contributed by atoms with Gasteiger partial charge < -0.3 is 4.57 Å². The van der Waals surface area contributed by atoms with Gasteiger partial charge in [0.1, 0.15) is 0 Å². The van der Waals surface area contributed by atoms with Crippen LogP contribution in [0.2, 0.25) is 0 Å². The highest BCUT2D eigenvalue weighted by atomic mass is 16.1. The molecule has 0 atom stereocenters. The summed E-state index contributed by atoms with van der Waals surface area (Å²) >= 11 is 0. The number of imidazole rings is 1. The third kappa shape index (κ3) is 1.94. The predicted octanol–water partition coefficient (Wildman–Crippen LogP) is 3.74. The van der Waals surface area contributed by atoms with Gasteiger partial charge in [0.25, 0.3) is 0 Å². The molecule has 3 rings (SSSR count). The Bertz CT molecular complexity index is 551. The standard InChI is InChI=1S/C15H18N2O/c18-11-15-16-13-9-5-6-10-14(13)17(15)12-7-3-1-2-4-8-12/h5-6,9-12H,1-4,7-8H2. The number of carbonyl (C=O) groups is 1. The van der Waals surface area contributed by atoms with E-state index in [0.29, 0.717) is 11.9 Å². The van der Waals surface area contributed by atoms with E-state index in [1.165, 1.54) is 38.5 Å². The van der Waals surface area contributed by atoms with Gasteiger partial charge in [0, 0.05) is 6.04 Å². The molecule has 1 saturated carbocycles. The molecular weight excluding hydrogens is 224 g/mol. The third-order valence-electron chi connectivity index (χ3n) is 3.92. The maximum absolute atomic E-state index is 11.2. The van der Waals surface area contributed by atoms with Crippen LogP contribution in [0.4, 0.5) is 0 Å². The second-order valence-electron chi connectivity index (χ2n) is 5.09. The molecule has 3 nitrogen and oxygen atoms in total. The second-order valence-corrected chi connectivity index (χ2v) is 5.09. The number of hydrogen-bond acceptors (Lipinski definition) is 2. The highest BCUT2D eigenvalue weighted by Crippen LogP contribution is 2.31. The Morgan fingerprint density at radius 2 is 1.83 bits per heavy atom. The van der Waals surface area contributed by atoms with E-state index in [9.17, 15) is 4.79 Å². The number of fused-ring (bicyclic) bond motifs is 1. The summed E-state index contributed by atoms with van der Waals surface area (Å²) < 4.78 is 2.16. The number of carbonyl (C=O) groups excluding carboxylic acids is 1. The van der Waals surface area contributed by atoms with Crippen molar-refractivity contribution in [2.24, 2.45) is 0 Å². The Kier molecular flexibility index (Phi) is 3.13. The quantitative estimate of drug-likeness (QED) is 0.594. The summed E-state index contributed by atoms with van der Waals surface area (Å²) in [4.78, 5) is 15.7. The van der Waals surface area contributed by atoms with Crippen molar-refractivity contribution in [3.05, 3.63) is 30.1 Å². The molecule has 0 bridgehead atoms. The second kappa shape index (κ2) is 4.92. The number of rotatable bonds is 2. The van der Waals surface area contributed by atoms with Crippen molar-refractivity contribution in [3.63, 3.8) is 0 Å². The minimum Gasteiger partial charge on any atom is -0.319 e. The van der Waals surface area contributed by atoms with Crippen molar-refractivity contribution in [1.29, 1.82) is 0 Å². The van der Waals surface area contributed by atoms with Crippen molar-refractivity contribution in [1.82, 2.24) is 9.55 Å². The summed E-state index contributed by atoms with van der Waals surface area (Å²) in [6, 6.07) is 8.49. The molecule has 1 aliphatic carbocycles. The number of aldehydes is 1. The molecule has 1 heterocycles.